The number of hydrogen-bond acceptors (Lipinski definition) is 5. The fourth-order valence-corrected chi connectivity index (χ4v) is 3.21. The number of fused-ring (bicyclic) bond motifs is 3. The highest BCUT2D eigenvalue weighted by atomic mass is 16.5. The molecular formula is C19H23N3O3. The molecule has 0 saturated carbocycles. The van der Waals surface area contributed by atoms with Gasteiger partial charge >= 0.3 is 5.97 Å². The fourth-order valence-electron chi connectivity index (χ4n) is 3.21. The van der Waals surface area contributed by atoms with E-state index < -0.39 is 5.97 Å². The maximum absolute atomic E-state index is 12.3. The number of H-pyrrole nitrogens is 1. The van der Waals surface area contributed by atoms with Gasteiger partial charge in [0, 0.05) is 35.5 Å². The molecule has 0 spiro atoms. The molecule has 2 heterocycles. The number of aromatic amines is 1. The third-order valence-electron chi connectivity index (χ3n) is 4.09. The number of nitrogens with zero attached hydrogens (tertiary/aromatic N) is 2. The number of ether oxygens (including phenoxy) is 2. The second-order valence-corrected chi connectivity index (χ2v) is 6.23. The summed E-state index contributed by atoms with van der Waals surface area (Å²) in [5.74, 6) is -0.420. The molecule has 132 valence electrons. The number of esters is 1. The number of methoxy groups -OCH3 is 1. The predicted octanol–water partition coefficient (Wildman–Crippen LogP) is 3.10. The Labute approximate surface area is 146 Å². The molecule has 6 nitrogen and oxygen atoms in total. The van der Waals surface area contributed by atoms with Gasteiger partial charge in [0.1, 0.15) is 0 Å². The van der Waals surface area contributed by atoms with Crippen LogP contribution in [-0.2, 0) is 22.6 Å². The average Bonchev–Trinajstić information content (AvgIpc) is 2.95. The molecule has 0 atom stereocenters. The molecule has 6 heteroatoms. The summed E-state index contributed by atoms with van der Waals surface area (Å²) in [6, 6.07) is 6.18. The Balaban J connectivity index is 2.34. The first kappa shape index (κ1) is 17.4. The molecule has 1 aromatic carbocycles. The smallest absolute Gasteiger partial charge is 0.357 e. The van der Waals surface area contributed by atoms with Crippen molar-refractivity contribution in [2.75, 3.05) is 27.8 Å². The molecule has 0 amide bonds. The highest BCUT2D eigenvalue weighted by Crippen LogP contribution is 2.33. The van der Waals surface area contributed by atoms with Gasteiger partial charge in [-0.1, -0.05) is 12.1 Å². The van der Waals surface area contributed by atoms with Crippen LogP contribution in [0, 0.1) is 0 Å². The molecular weight excluding hydrogens is 318 g/mol. The van der Waals surface area contributed by atoms with Crippen molar-refractivity contribution >= 4 is 27.8 Å². The summed E-state index contributed by atoms with van der Waals surface area (Å²) in [4.78, 5) is 22.2. The molecule has 0 bridgehead atoms. The Hall–Kier alpha value is -2.44. The largest absolute Gasteiger partial charge is 0.461 e. The Morgan fingerprint density at radius 3 is 2.72 bits per heavy atom. The quantitative estimate of drug-likeness (QED) is 0.698. The van der Waals surface area contributed by atoms with E-state index in [4.69, 9.17) is 9.47 Å². The maximum Gasteiger partial charge on any atom is 0.357 e. The Morgan fingerprint density at radius 2 is 2.04 bits per heavy atom. The van der Waals surface area contributed by atoms with Crippen LogP contribution in [0.3, 0.4) is 0 Å². The van der Waals surface area contributed by atoms with E-state index in [0.29, 0.717) is 18.9 Å². The van der Waals surface area contributed by atoms with Gasteiger partial charge < -0.3 is 19.4 Å². The molecule has 0 unspecified atom stereocenters. The van der Waals surface area contributed by atoms with E-state index in [1.165, 1.54) is 5.56 Å². The third-order valence-corrected chi connectivity index (χ3v) is 4.09. The second kappa shape index (κ2) is 7.21. The first-order chi connectivity index (χ1) is 12.1. The topological polar surface area (TPSA) is 67.5 Å². The van der Waals surface area contributed by atoms with Gasteiger partial charge in [0.05, 0.1) is 24.9 Å². The molecule has 2 aromatic heterocycles. The van der Waals surface area contributed by atoms with Gasteiger partial charge in [0.15, 0.2) is 5.69 Å². The lowest BCUT2D eigenvalue weighted by Gasteiger charge is -2.13. The van der Waals surface area contributed by atoms with Crippen LogP contribution in [0.2, 0.25) is 0 Å². The summed E-state index contributed by atoms with van der Waals surface area (Å²) >= 11 is 0. The summed E-state index contributed by atoms with van der Waals surface area (Å²) in [7, 11) is 5.69. The molecule has 1 N–H and O–H groups in total. The molecule has 3 rings (SSSR count). The molecule has 0 aliphatic carbocycles. The van der Waals surface area contributed by atoms with Crippen LogP contribution >= 0.6 is 0 Å². The number of hydrogen-bond donors (Lipinski definition) is 1. The minimum absolute atomic E-state index is 0.293. The monoisotopic (exact) mass is 341 g/mol. The molecule has 0 fully saturated rings. The minimum Gasteiger partial charge on any atom is -0.461 e. The van der Waals surface area contributed by atoms with Crippen LogP contribution in [0.1, 0.15) is 28.5 Å². The molecule has 0 aliphatic rings. The maximum atomic E-state index is 12.3. The normalized spacial score (nSPS) is 11.6. The molecule has 0 saturated heterocycles. The lowest BCUT2D eigenvalue weighted by Crippen LogP contribution is -2.12. The summed E-state index contributed by atoms with van der Waals surface area (Å²) in [5, 5.41) is 2.08. The van der Waals surface area contributed by atoms with E-state index in [9.17, 15) is 4.79 Å². The van der Waals surface area contributed by atoms with Crippen molar-refractivity contribution in [3.63, 3.8) is 0 Å². The van der Waals surface area contributed by atoms with Crippen LogP contribution in [0.15, 0.2) is 24.4 Å². The van der Waals surface area contributed by atoms with E-state index in [-0.39, 0.29) is 0 Å². The standard InChI is InChI=1S/C19H23N3O3/c1-5-25-19(23)18-13(11-24-4)17-15(9-20-18)21-14-8-6-7-12(16(14)17)10-22(2)3/h6-9,21H,5,10-11H2,1-4H3. The number of benzene rings is 1. The fraction of sp³-hybridized carbons (Fsp3) is 0.368. The van der Waals surface area contributed by atoms with Crippen molar-refractivity contribution in [3.8, 4) is 0 Å². The van der Waals surface area contributed by atoms with Gasteiger partial charge in [0.2, 0.25) is 0 Å². The highest BCUT2D eigenvalue weighted by molar-refractivity contribution is 6.12. The number of nitrogens with one attached hydrogen (secondary N) is 1. The number of carbonyl (C=O) groups excluding carboxylic acids is 1. The van der Waals surface area contributed by atoms with Crippen molar-refractivity contribution < 1.29 is 14.3 Å². The van der Waals surface area contributed by atoms with Crippen LogP contribution in [0.4, 0.5) is 0 Å². The van der Waals surface area contributed by atoms with Crippen molar-refractivity contribution in [2.45, 2.75) is 20.1 Å². The average molecular weight is 341 g/mol. The Bertz CT molecular complexity index is 915. The summed E-state index contributed by atoms with van der Waals surface area (Å²) in [5.41, 5.74) is 4.18. The predicted molar refractivity (Wildman–Crippen MR) is 97.7 cm³/mol. The summed E-state index contributed by atoms with van der Waals surface area (Å²) in [6.07, 6.45) is 1.69. The Morgan fingerprint density at radius 1 is 1.24 bits per heavy atom. The first-order valence-electron chi connectivity index (χ1n) is 8.28. The van der Waals surface area contributed by atoms with E-state index >= 15 is 0 Å². The van der Waals surface area contributed by atoms with Crippen molar-refractivity contribution in [1.29, 1.82) is 0 Å². The van der Waals surface area contributed by atoms with Gasteiger partial charge in [-0.05, 0) is 32.6 Å². The number of rotatable bonds is 6. The van der Waals surface area contributed by atoms with Crippen LogP contribution in [0.5, 0.6) is 0 Å². The highest BCUT2D eigenvalue weighted by Gasteiger charge is 2.21. The van der Waals surface area contributed by atoms with E-state index in [0.717, 1.165) is 33.9 Å². The third kappa shape index (κ3) is 3.23. The minimum atomic E-state index is -0.420. The zero-order valence-electron chi connectivity index (χ0n) is 15.0. The SMILES string of the molecule is CCOC(=O)c1ncc2[nH]c3cccc(CN(C)C)c3c2c1COC. The Kier molecular flexibility index (Phi) is 5.01. The van der Waals surface area contributed by atoms with Gasteiger partial charge in [-0.25, -0.2) is 9.78 Å². The van der Waals surface area contributed by atoms with Crippen molar-refractivity contribution in [2.24, 2.45) is 0 Å². The van der Waals surface area contributed by atoms with E-state index in [1.54, 1.807) is 20.2 Å². The van der Waals surface area contributed by atoms with Gasteiger partial charge in [-0.15, -0.1) is 0 Å². The molecule has 0 radical (unpaired) electrons. The number of carbonyl (C=O) groups is 1. The van der Waals surface area contributed by atoms with Crippen LogP contribution < -0.4 is 0 Å². The van der Waals surface area contributed by atoms with Gasteiger partial charge in [-0.3, -0.25) is 0 Å². The zero-order valence-corrected chi connectivity index (χ0v) is 15.0. The molecule has 3 aromatic rings. The number of pyridine rings is 1. The zero-order chi connectivity index (χ0) is 18.0. The van der Waals surface area contributed by atoms with Gasteiger partial charge in [0.25, 0.3) is 0 Å². The van der Waals surface area contributed by atoms with Crippen molar-refractivity contribution in [1.82, 2.24) is 14.9 Å². The van der Waals surface area contributed by atoms with E-state index in [1.807, 2.05) is 26.2 Å². The molecule has 0 aliphatic heterocycles. The van der Waals surface area contributed by atoms with Crippen molar-refractivity contribution in [3.05, 3.63) is 41.2 Å². The summed E-state index contributed by atoms with van der Waals surface area (Å²) < 4.78 is 10.5. The number of aromatic nitrogens is 2. The lowest BCUT2D eigenvalue weighted by molar-refractivity contribution is 0.0514. The van der Waals surface area contributed by atoms with Gasteiger partial charge in [-0.2, -0.15) is 0 Å². The van der Waals surface area contributed by atoms with E-state index in [2.05, 4.69) is 20.9 Å². The van der Waals surface area contributed by atoms with Crippen LogP contribution in [-0.4, -0.2) is 48.6 Å². The van der Waals surface area contributed by atoms with Crippen LogP contribution in [0.25, 0.3) is 21.8 Å². The second-order valence-electron chi connectivity index (χ2n) is 6.23. The first-order valence-corrected chi connectivity index (χ1v) is 8.28. The summed E-state index contributed by atoms with van der Waals surface area (Å²) in [6.45, 7) is 3.19. The lowest BCUT2D eigenvalue weighted by atomic mass is 10.0. The molecule has 25 heavy (non-hydrogen) atoms.